The van der Waals surface area contributed by atoms with Crippen molar-refractivity contribution in [3.05, 3.63) is 33.7 Å². The fourth-order valence-electron chi connectivity index (χ4n) is 3.93. The predicted molar refractivity (Wildman–Crippen MR) is 85.3 cm³/mol. The van der Waals surface area contributed by atoms with Crippen LogP contribution in [0.15, 0.2) is 22.6 Å². The fraction of sp³-hybridized carbons (Fsp3) is 0.562. The molecular formula is C16H19N3O2S. The first-order valence-electron chi connectivity index (χ1n) is 7.98. The minimum absolute atomic E-state index is 0.151. The molecular weight excluding hydrogens is 298 g/mol. The van der Waals surface area contributed by atoms with Gasteiger partial charge in [-0.3, -0.25) is 14.0 Å². The van der Waals surface area contributed by atoms with Crippen LogP contribution in [-0.4, -0.2) is 33.3 Å². The molecule has 2 aromatic heterocycles. The second-order valence-corrected chi connectivity index (χ2v) is 7.25. The standard InChI is InChI=1S/C16H19N3O2S/c20-14(13-9-17-16-19(15(13)21)7-8-22-16)18-6-5-11-3-1-2-4-12(11)10-18/h7-9,11-12H,1-6,10H2/t11-,12-/m0/s1. The number of carbonyl (C=O) groups is 1. The Kier molecular flexibility index (Phi) is 3.48. The SMILES string of the molecule is O=C(c1cnc2sccn2c1=O)N1CC[C@@H]2CCCC[C@H]2C1. The smallest absolute Gasteiger partial charge is 0.271 e. The van der Waals surface area contributed by atoms with E-state index in [0.717, 1.165) is 25.4 Å². The van der Waals surface area contributed by atoms with Gasteiger partial charge in [-0.25, -0.2) is 4.98 Å². The molecule has 0 unspecified atom stereocenters. The highest BCUT2D eigenvalue weighted by Gasteiger charge is 2.34. The van der Waals surface area contributed by atoms with Crippen LogP contribution in [0.4, 0.5) is 0 Å². The van der Waals surface area contributed by atoms with E-state index in [1.54, 1.807) is 6.20 Å². The largest absolute Gasteiger partial charge is 0.338 e. The minimum atomic E-state index is -0.248. The summed E-state index contributed by atoms with van der Waals surface area (Å²) < 4.78 is 1.46. The molecule has 116 valence electrons. The lowest BCUT2D eigenvalue weighted by Crippen LogP contribution is -2.46. The van der Waals surface area contributed by atoms with Crippen LogP contribution in [0.2, 0.25) is 0 Å². The number of hydrogen-bond acceptors (Lipinski definition) is 4. The number of carbonyl (C=O) groups excluding carboxylic acids is 1. The molecule has 0 aromatic carbocycles. The first kappa shape index (κ1) is 13.9. The molecule has 3 heterocycles. The first-order chi connectivity index (χ1) is 10.7. The first-order valence-corrected chi connectivity index (χ1v) is 8.86. The van der Waals surface area contributed by atoms with E-state index in [-0.39, 0.29) is 17.0 Å². The van der Waals surface area contributed by atoms with Crippen molar-refractivity contribution in [2.45, 2.75) is 32.1 Å². The van der Waals surface area contributed by atoms with Crippen molar-refractivity contribution in [3.8, 4) is 0 Å². The van der Waals surface area contributed by atoms with Crippen molar-refractivity contribution in [2.75, 3.05) is 13.1 Å². The fourth-order valence-corrected chi connectivity index (χ4v) is 4.60. The maximum Gasteiger partial charge on any atom is 0.271 e. The monoisotopic (exact) mass is 317 g/mol. The molecule has 6 heteroatoms. The van der Waals surface area contributed by atoms with Gasteiger partial charge in [0.1, 0.15) is 5.56 Å². The van der Waals surface area contributed by atoms with Crippen molar-refractivity contribution in [1.29, 1.82) is 0 Å². The lowest BCUT2D eigenvalue weighted by Gasteiger charge is -2.41. The van der Waals surface area contributed by atoms with E-state index in [2.05, 4.69) is 4.98 Å². The van der Waals surface area contributed by atoms with E-state index in [9.17, 15) is 9.59 Å². The summed E-state index contributed by atoms with van der Waals surface area (Å²) >= 11 is 1.40. The number of amides is 1. The Morgan fingerprint density at radius 2 is 2.05 bits per heavy atom. The van der Waals surface area contributed by atoms with E-state index in [1.807, 2.05) is 10.3 Å². The average molecular weight is 317 g/mol. The summed E-state index contributed by atoms with van der Waals surface area (Å²) in [6, 6.07) is 0. The van der Waals surface area contributed by atoms with Gasteiger partial charge >= 0.3 is 0 Å². The lowest BCUT2D eigenvalue weighted by atomic mass is 9.75. The van der Waals surface area contributed by atoms with Gasteiger partial charge in [0.25, 0.3) is 11.5 Å². The van der Waals surface area contributed by atoms with Crippen molar-refractivity contribution >= 4 is 22.2 Å². The van der Waals surface area contributed by atoms with E-state index in [1.165, 1.54) is 47.6 Å². The number of nitrogens with zero attached hydrogens (tertiary/aromatic N) is 3. The zero-order valence-electron chi connectivity index (χ0n) is 12.4. The van der Waals surface area contributed by atoms with Crippen LogP contribution in [0, 0.1) is 11.8 Å². The third-order valence-corrected chi connectivity index (χ3v) is 5.92. The van der Waals surface area contributed by atoms with E-state index < -0.39 is 0 Å². The molecule has 5 nitrogen and oxygen atoms in total. The Bertz CT molecular complexity index is 766. The summed E-state index contributed by atoms with van der Waals surface area (Å²) in [7, 11) is 0. The van der Waals surface area contributed by atoms with Crippen LogP contribution in [0.3, 0.4) is 0 Å². The zero-order valence-corrected chi connectivity index (χ0v) is 13.2. The Morgan fingerprint density at radius 3 is 2.91 bits per heavy atom. The van der Waals surface area contributed by atoms with Gasteiger partial charge in [-0.2, -0.15) is 0 Å². The molecule has 1 amide bonds. The zero-order chi connectivity index (χ0) is 15.1. The predicted octanol–water partition coefficient (Wildman–Crippen LogP) is 2.41. The number of aromatic nitrogens is 2. The Hall–Kier alpha value is -1.69. The molecule has 1 aliphatic carbocycles. The number of fused-ring (bicyclic) bond motifs is 2. The summed E-state index contributed by atoms with van der Waals surface area (Å²) in [5.74, 6) is 1.24. The Morgan fingerprint density at radius 1 is 1.23 bits per heavy atom. The highest BCUT2D eigenvalue weighted by molar-refractivity contribution is 7.15. The second kappa shape index (κ2) is 5.50. The van der Waals surface area contributed by atoms with Crippen molar-refractivity contribution in [2.24, 2.45) is 11.8 Å². The topological polar surface area (TPSA) is 54.7 Å². The maximum atomic E-state index is 12.7. The van der Waals surface area contributed by atoms with Gasteiger partial charge in [0.05, 0.1) is 0 Å². The van der Waals surface area contributed by atoms with Crippen molar-refractivity contribution in [1.82, 2.24) is 14.3 Å². The van der Waals surface area contributed by atoms with Crippen LogP contribution in [0.5, 0.6) is 0 Å². The van der Waals surface area contributed by atoms with Crippen LogP contribution in [-0.2, 0) is 0 Å². The summed E-state index contributed by atoms with van der Waals surface area (Å²) in [4.78, 5) is 31.9. The molecule has 0 radical (unpaired) electrons. The molecule has 0 spiro atoms. The van der Waals surface area contributed by atoms with Gasteiger partial charge in [-0.1, -0.05) is 19.3 Å². The second-order valence-electron chi connectivity index (χ2n) is 6.38. The van der Waals surface area contributed by atoms with Crippen LogP contribution < -0.4 is 5.56 Å². The average Bonchev–Trinajstić information content (AvgIpc) is 3.04. The molecule has 0 bridgehead atoms. The molecule has 1 saturated carbocycles. The van der Waals surface area contributed by atoms with Gasteiger partial charge in [0.2, 0.25) is 0 Å². The summed E-state index contributed by atoms with van der Waals surface area (Å²) in [5.41, 5.74) is -0.0489. The van der Waals surface area contributed by atoms with Crippen molar-refractivity contribution in [3.63, 3.8) is 0 Å². The number of rotatable bonds is 1. The Labute approximate surface area is 132 Å². The third-order valence-electron chi connectivity index (χ3n) is 5.15. The van der Waals surface area contributed by atoms with Crippen LogP contribution in [0.25, 0.3) is 4.96 Å². The van der Waals surface area contributed by atoms with Crippen LogP contribution >= 0.6 is 11.3 Å². The van der Waals surface area contributed by atoms with Crippen molar-refractivity contribution < 1.29 is 4.79 Å². The number of hydrogen-bond donors (Lipinski definition) is 0. The Balaban J connectivity index is 1.60. The number of likely N-dealkylation sites (tertiary alicyclic amines) is 1. The molecule has 1 saturated heterocycles. The van der Waals surface area contributed by atoms with E-state index >= 15 is 0 Å². The third kappa shape index (κ3) is 2.26. The highest BCUT2D eigenvalue weighted by atomic mass is 32.1. The molecule has 1 aliphatic heterocycles. The summed E-state index contributed by atoms with van der Waals surface area (Å²) in [5, 5.41) is 1.81. The van der Waals surface area contributed by atoms with E-state index in [0.29, 0.717) is 10.9 Å². The summed E-state index contributed by atoms with van der Waals surface area (Å²) in [6.07, 6.45) is 9.32. The maximum absolute atomic E-state index is 12.7. The van der Waals surface area contributed by atoms with Crippen LogP contribution in [0.1, 0.15) is 42.5 Å². The van der Waals surface area contributed by atoms with Gasteiger partial charge in [-0.05, 0) is 24.7 Å². The lowest BCUT2D eigenvalue weighted by molar-refractivity contribution is 0.0518. The molecule has 2 atom stereocenters. The van der Waals surface area contributed by atoms with Gasteiger partial charge < -0.3 is 4.90 Å². The van der Waals surface area contributed by atoms with E-state index in [4.69, 9.17) is 0 Å². The molecule has 22 heavy (non-hydrogen) atoms. The van der Waals surface area contributed by atoms with Gasteiger partial charge in [-0.15, -0.1) is 11.3 Å². The van der Waals surface area contributed by atoms with Gasteiger partial charge in [0.15, 0.2) is 4.96 Å². The number of piperidine rings is 1. The molecule has 2 aliphatic rings. The quantitative estimate of drug-likeness (QED) is 0.811. The minimum Gasteiger partial charge on any atom is -0.338 e. The molecule has 2 aromatic rings. The number of thiazole rings is 1. The summed E-state index contributed by atoms with van der Waals surface area (Å²) in [6.45, 7) is 1.57. The highest BCUT2D eigenvalue weighted by Crippen LogP contribution is 2.36. The molecule has 2 fully saturated rings. The normalized spacial score (nSPS) is 25.2. The van der Waals surface area contributed by atoms with Gasteiger partial charge in [0, 0.05) is 30.9 Å². The molecule has 4 rings (SSSR count). The molecule has 0 N–H and O–H groups in total.